The van der Waals surface area contributed by atoms with Gasteiger partial charge in [0.2, 0.25) is 0 Å². The number of fused-ring (bicyclic) bond motifs is 1. The summed E-state index contributed by atoms with van der Waals surface area (Å²) < 4.78 is 0. The van der Waals surface area contributed by atoms with Gasteiger partial charge >= 0.3 is 0 Å². The molecule has 3 aromatic rings. The molecule has 0 aliphatic rings. The van der Waals surface area contributed by atoms with Crippen molar-refractivity contribution >= 4 is 34.3 Å². The lowest BCUT2D eigenvalue weighted by Crippen LogP contribution is -2.13. The van der Waals surface area contributed by atoms with Gasteiger partial charge in [0.15, 0.2) is 0 Å². The maximum absolute atomic E-state index is 12.6. The molecule has 3 N–H and O–H groups in total. The number of hydrogen-bond acceptors (Lipinski definition) is 4. The van der Waals surface area contributed by atoms with Crippen molar-refractivity contribution in [1.82, 2.24) is 9.97 Å². The molecular weight excluding hydrogens is 310 g/mol. The third-order valence-corrected chi connectivity index (χ3v) is 4.58. The first-order valence-corrected chi connectivity index (χ1v) is 8.33. The maximum atomic E-state index is 12.6. The third-order valence-electron chi connectivity index (χ3n) is 3.42. The van der Waals surface area contributed by atoms with Gasteiger partial charge in [0, 0.05) is 35.0 Å². The van der Waals surface area contributed by atoms with E-state index in [9.17, 15) is 4.79 Å². The van der Waals surface area contributed by atoms with E-state index in [0.29, 0.717) is 17.7 Å². The van der Waals surface area contributed by atoms with E-state index in [2.05, 4.69) is 15.3 Å². The van der Waals surface area contributed by atoms with Crippen LogP contribution in [0, 0.1) is 0 Å². The zero-order chi connectivity index (χ0) is 16.1. The second-order valence-electron chi connectivity index (χ2n) is 5.00. The van der Waals surface area contributed by atoms with Crippen LogP contribution in [0.2, 0.25) is 0 Å². The largest absolute Gasteiger partial charge is 0.396 e. The van der Waals surface area contributed by atoms with E-state index in [1.807, 2.05) is 30.5 Å². The molecule has 0 unspecified atom stereocenters. The number of para-hydroxylation sites is 1. The fourth-order valence-corrected chi connectivity index (χ4v) is 3.22. The van der Waals surface area contributed by atoms with Crippen LogP contribution >= 0.6 is 11.8 Å². The molecular formula is C17H17N3O2S. The standard InChI is InChI=1S/C17H17N3O2S/c21-9-2-10-23-15-6-7-18-11-14(15)20-17(22)13-4-1-3-12-5-8-19-16(12)13/h1,3-8,11,19,21H,2,9-10H2,(H,20,22). The third kappa shape index (κ3) is 3.55. The van der Waals surface area contributed by atoms with Crippen LogP contribution in [0.15, 0.2) is 53.8 Å². The molecule has 0 saturated carbocycles. The summed E-state index contributed by atoms with van der Waals surface area (Å²) in [7, 11) is 0. The van der Waals surface area contributed by atoms with Crippen LogP contribution in [0.3, 0.4) is 0 Å². The number of aliphatic hydroxyl groups excluding tert-OH is 1. The Bertz CT molecular complexity index is 816. The summed E-state index contributed by atoms with van der Waals surface area (Å²) in [5, 5.41) is 12.8. The van der Waals surface area contributed by atoms with E-state index in [0.717, 1.165) is 21.6 Å². The molecule has 0 aliphatic carbocycles. The summed E-state index contributed by atoms with van der Waals surface area (Å²) >= 11 is 1.59. The summed E-state index contributed by atoms with van der Waals surface area (Å²) in [5.74, 6) is 0.616. The smallest absolute Gasteiger partial charge is 0.257 e. The van der Waals surface area contributed by atoms with E-state index < -0.39 is 0 Å². The van der Waals surface area contributed by atoms with Gasteiger partial charge in [0.25, 0.3) is 5.91 Å². The normalized spacial score (nSPS) is 10.8. The number of aromatic nitrogens is 2. The molecule has 1 amide bonds. The number of anilines is 1. The highest BCUT2D eigenvalue weighted by Crippen LogP contribution is 2.27. The van der Waals surface area contributed by atoms with Gasteiger partial charge in [-0.25, -0.2) is 0 Å². The molecule has 2 heterocycles. The average Bonchev–Trinajstić information content (AvgIpc) is 3.05. The van der Waals surface area contributed by atoms with Crippen LogP contribution < -0.4 is 5.32 Å². The number of nitrogens with one attached hydrogen (secondary N) is 2. The van der Waals surface area contributed by atoms with E-state index in [-0.39, 0.29) is 12.5 Å². The van der Waals surface area contributed by atoms with Gasteiger partial charge < -0.3 is 15.4 Å². The van der Waals surface area contributed by atoms with Gasteiger partial charge in [-0.3, -0.25) is 9.78 Å². The highest BCUT2D eigenvalue weighted by atomic mass is 32.2. The van der Waals surface area contributed by atoms with E-state index >= 15 is 0 Å². The Balaban J connectivity index is 1.81. The lowest BCUT2D eigenvalue weighted by Gasteiger charge is -2.10. The quantitative estimate of drug-likeness (QED) is 0.479. The van der Waals surface area contributed by atoms with Crippen molar-refractivity contribution in [2.75, 3.05) is 17.7 Å². The van der Waals surface area contributed by atoms with E-state index in [1.165, 1.54) is 0 Å². The number of hydrogen-bond donors (Lipinski definition) is 3. The van der Waals surface area contributed by atoms with Crippen molar-refractivity contribution in [3.63, 3.8) is 0 Å². The molecule has 23 heavy (non-hydrogen) atoms. The number of thioether (sulfide) groups is 1. The van der Waals surface area contributed by atoms with Gasteiger partial charge in [0.1, 0.15) is 0 Å². The molecule has 0 atom stereocenters. The number of benzene rings is 1. The molecule has 1 aromatic carbocycles. The summed E-state index contributed by atoms with van der Waals surface area (Å²) in [5.41, 5.74) is 2.11. The fraction of sp³-hybridized carbons (Fsp3) is 0.176. The molecule has 0 aliphatic heterocycles. The van der Waals surface area contributed by atoms with E-state index in [4.69, 9.17) is 5.11 Å². The van der Waals surface area contributed by atoms with Crippen LogP contribution in [0.1, 0.15) is 16.8 Å². The lowest BCUT2D eigenvalue weighted by molar-refractivity contribution is 0.102. The van der Waals surface area contributed by atoms with Gasteiger partial charge in [-0.1, -0.05) is 12.1 Å². The number of carbonyl (C=O) groups is 1. The number of aliphatic hydroxyl groups is 1. The molecule has 2 aromatic heterocycles. The predicted molar refractivity (Wildman–Crippen MR) is 92.9 cm³/mol. The monoisotopic (exact) mass is 327 g/mol. The van der Waals surface area contributed by atoms with Crippen LogP contribution in [0.5, 0.6) is 0 Å². The molecule has 0 spiro atoms. The van der Waals surface area contributed by atoms with Crippen molar-refractivity contribution in [2.24, 2.45) is 0 Å². The second-order valence-corrected chi connectivity index (χ2v) is 6.14. The topological polar surface area (TPSA) is 78.0 Å². The van der Waals surface area contributed by atoms with E-state index in [1.54, 1.807) is 30.2 Å². The number of H-pyrrole nitrogens is 1. The number of carbonyl (C=O) groups excluding carboxylic acids is 1. The van der Waals surface area contributed by atoms with Crippen molar-refractivity contribution in [1.29, 1.82) is 0 Å². The Morgan fingerprint density at radius 1 is 1.30 bits per heavy atom. The highest BCUT2D eigenvalue weighted by Gasteiger charge is 2.13. The average molecular weight is 327 g/mol. The molecule has 5 nitrogen and oxygen atoms in total. The maximum Gasteiger partial charge on any atom is 0.257 e. The first kappa shape index (κ1) is 15.6. The molecule has 0 saturated heterocycles. The molecule has 0 radical (unpaired) electrons. The molecule has 3 rings (SSSR count). The molecule has 6 heteroatoms. The summed E-state index contributed by atoms with van der Waals surface area (Å²) in [6.45, 7) is 0.161. The lowest BCUT2D eigenvalue weighted by atomic mass is 10.1. The highest BCUT2D eigenvalue weighted by molar-refractivity contribution is 7.99. The number of aromatic amines is 1. The molecule has 0 bridgehead atoms. The summed E-state index contributed by atoms with van der Waals surface area (Å²) in [4.78, 5) is 20.7. The predicted octanol–water partition coefficient (Wildman–Crippen LogP) is 3.29. The number of rotatable bonds is 6. The molecule has 0 fully saturated rings. The van der Waals surface area contributed by atoms with Crippen molar-refractivity contribution in [2.45, 2.75) is 11.3 Å². The van der Waals surface area contributed by atoms with Crippen molar-refractivity contribution in [3.05, 3.63) is 54.5 Å². The Hall–Kier alpha value is -2.31. The first-order valence-electron chi connectivity index (χ1n) is 7.34. The minimum absolute atomic E-state index is 0.161. The van der Waals surface area contributed by atoms with Gasteiger partial charge in [-0.15, -0.1) is 11.8 Å². The van der Waals surface area contributed by atoms with Crippen LogP contribution in [-0.4, -0.2) is 33.3 Å². The number of amides is 1. The van der Waals surface area contributed by atoms with Crippen LogP contribution in [0.4, 0.5) is 5.69 Å². The second kappa shape index (κ2) is 7.30. The Morgan fingerprint density at radius 3 is 3.09 bits per heavy atom. The first-order chi connectivity index (χ1) is 11.3. The minimum atomic E-state index is -0.171. The number of pyridine rings is 1. The molecule has 118 valence electrons. The minimum Gasteiger partial charge on any atom is -0.396 e. The number of nitrogens with zero attached hydrogens (tertiary/aromatic N) is 1. The fourth-order valence-electron chi connectivity index (χ4n) is 2.31. The zero-order valence-electron chi connectivity index (χ0n) is 12.5. The van der Waals surface area contributed by atoms with Gasteiger partial charge in [0.05, 0.1) is 23.0 Å². The van der Waals surface area contributed by atoms with Crippen molar-refractivity contribution < 1.29 is 9.90 Å². The van der Waals surface area contributed by atoms with Crippen LogP contribution in [0.25, 0.3) is 10.9 Å². The van der Waals surface area contributed by atoms with Crippen molar-refractivity contribution in [3.8, 4) is 0 Å². The Kier molecular flexibility index (Phi) is 4.95. The van der Waals surface area contributed by atoms with Gasteiger partial charge in [-0.05, 0) is 24.6 Å². The van der Waals surface area contributed by atoms with Gasteiger partial charge in [-0.2, -0.15) is 0 Å². The SMILES string of the molecule is O=C(Nc1cnccc1SCCCO)c1cccc2cc[nH]c12. The van der Waals surface area contributed by atoms with Crippen LogP contribution in [-0.2, 0) is 0 Å². The summed E-state index contributed by atoms with van der Waals surface area (Å²) in [6.07, 6.45) is 5.88. The summed E-state index contributed by atoms with van der Waals surface area (Å²) in [6, 6.07) is 9.43. The zero-order valence-corrected chi connectivity index (χ0v) is 13.3. The Labute approximate surface area is 138 Å². The Morgan fingerprint density at radius 2 is 2.22 bits per heavy atom.